The fourth-order valence-electron chi connectivity index (χ4n) is 4.33. The molecule has 0 aromatic carbocycles. The Morgan fingerprint density at radius 3 is 0.966 bits per heavy atom. The van der Waals surface area contributed by atoms with E-state index in [0.29, 0.717) is 0 Å². The van der Waals surface area contributed by atoms with E-state index in [2.05, 4.69) is 39.5 Å². The smallest absolute Gasteiger partial charge is 0.00189 e. The lowest BCUT2D eigenvalue weighted by atomic mass is 10.0. The summed E-state index contributed by atoms with van der Waals surface area (Å²) in [7, 11) is 0. The number of hydrogen-bond acceptors (Lipinski definition) is 1. The fourth-order valence-corrected chi connectivity index (χ4v) is 4.33. The topological polar surface area (TPSA) is 3.24 Å². The number of rotatable bonds is 23. The standard InChI is InChI=1S/C28H59N/c1-6-29(25-21-17-13-9-7-11-15-19-23-27(2)3)26-22-18-14-10-8-12-16-20-24-28(4)5/h27-28H,6-26H2,1-5H3. The number of nitrogens with zero attached hydrogens (tertiary/aromatic N) is 1. The van der Waals surface area contributed by atoms with E-state index in [1.54, 1.807) is 0 Å². The summed E-state index contributed by atoms with van der Waals surface area (Å²) in [5, 5.41) is 0. The second kappa shape index (κ2) is 22.6. The van der Waals surface area contributed by atoms with Crippen LogP contribution < -0.4 is 0 Å². The van der Waals surface area contributed by atoms with E-state index in [0.717, 1.165) is 11.8 Å². The second-order valence-corrected chi connectivity index (χ2v) is 10.5. The Balaban J connectivity index is 3.31. The van der Waals surface area contributed by atoms with Crippen LogP contribution in [0.4, 0.5) is 0 Å². The highest BCUT2D eigenvalue weighted by molar-refractivity contribution is 4.58. The molecule has 0 saturated heterocycles. The van der Waals surface area contributed by atoms with Gasteiger partial charge in [0.05, 0.1) is 0 Å². The molecule has 1 heteroatoms. The van der Waals surface area contributed by atoms with Crippen molar-refractivity contribution in [2.24, 2.45) is 11.8 Å². The first-order valence-electron chi connectivity index (χ1n) is 13.8. The summed E-state index contributed by atoms with van der Waals surface area (Å²) < 4.78 is 0. The summed E-state index contributed by atoms with van der Waals surface area (Å²) in [6, 6.07) is 0. The average Bonchev–Trinajstić information content (AvgIpc) is 2.68. The van der Waals surface area contributed by atoms with Gasteiger partial charge in [0.2, 0.25) is 0 Å². The molecule has 176 valence electrons. The molecule has 0 rings (SSSR count). The molecule has 0 amide bonds. The first kappa shape index (κ1) is 29.0. The Kier molecular flexibility index (Phi) is 22.6. The van der Waals surface area contributed by atoms with Gasteiger partial charge in [0.1, 0.15) is 0 Å². The Bertz CT molecular complexity index is 269. The third-order valence-electron chi connectivity index (χ3n) is 6.46. The number of hydrogen-bond donors (Lipinski definition) is 0. The van der Waals surface area contributed by atoms with Crippen LogP contribution in [0, 0.1) is 11.8 Å². The molecule has 0 radical (unpaired) electrons. The van der Waals surface area contributed by atoms with Crippen LogP contribution in [0.15, 0.2) is 0 Å². The summed E-state index contributed by atoms with van der Waals surface area (Å²) in [5.41, 5.74) is 0. The summed E-state index contributed by atoms with van der Waals surface area (Å²) in [6.45, 7) is 15.6. The molecule has 0 aromatic rings. The molecule has 1 nitrogen and oxygen atoms in total. The van der Waals surface area contributed by atoms with E-state index in [1.165, 1.54) is 135 Å². The van der Waals surface area contributed by atoms with E-state index in [1.807, 2.05) is 0 Å². The molecule has 0 fully saturated rings. The van der Waals surface area contributed by atoms with Gasteiger partial charge in [-0.25, -0.2) is 0 Å². The van der Waals surface area contributed by atoms with Gasteiger partial charge in [0.25, 0.3) is 0 Å². The molecule has 0 bridgehead atoms. The third-order valence-corrected chi connectivity index (χ3v) is 6.46. The molecule has 0 heterocycles. The highest BCUT2D eigenvalue weighted by Crippen LogP contribution is 2.14. The van der Waals surface area contributed by atoms with Gasteiger partial charge in [-0.15, -0.1) is 0 Å². The fraction of sp³-hybridized carbons (Fsp3) is 1.00. The Labute approximate surface area is 186 Å². The molecular weight excluding hydrogens is 350 g/mol. The maximum absolute atomic E-state index is 2.69. The zero-order valence-corrected chi connectivity index (χ0v) is 21.5. The molecule has 29 heavy (non-hydrogen) atoms. The Morgan fingerprint density at radius 2 is 0.690 bits per heavy atom. The monoisotopic (exact) mass is 409 g/mol. The van der Waals surface area contributed by atoms with E-state index >= 15 is 0 Å². The predicted molar refractivity (Wildman–Crippen MR) is 135 cm³/mol. The molecular formula is C28H59N. The van der Waals surface area contributed by atoms with Crippen molar-refractivity contribution >= 4 is 0 Å². The normalized spacial score (nSPS) is 12.0. The van der Waals surface area contributed by atoms with E-state index in [9.17, 15) is 0 Å². The van der Waals surface area contributed by atoms with Crippen LogP contribution in [0.3, 0.4) is 0 Å². The highest BCUT2D eigenvalue weighted by Gasteiger charge is 2.02. The minimum atomic E-state index is 0.890. The maximum Gasteiger partial charge on any atom is -0.00189 e. The molecule has 0 atom stereocenters. The Hall–Kier alpha value is -0.0400. The Morgan fingerprint density at radius 1 is 0.414 bits per heavy atom. The van der Waals surface area contributed by atoms with Gasteiger partial charge < -0.3 is 4.90 Å². The van der Waals surface area contributed by atoms with Gasteiger partial charge in [-0.2, -0.15) is 0 Å². The molecule has 0 spiro atoms. The van der Waals surface area contributed by atoms with Crippen molar-refractivity contribution in [3.63, 3.8) is 0 Å². The lowest BCUT2D eigenvalue weighted by Gasteiger charge is -2.20. The minimum Gasteiger partial charge on any atom is -0.304 e. The van der Waals surface area contributed by atoms with E-state index in [-0.39, 0.29) is 0 Å². The van der Waals surface area contributed by atoms with Crippen molar-refractivity contribution < 1.29 is 0 Å². The van der Waals surface area contributed by atoms with Crippen molar-refractivity contribution in [1.82, 2.24) is 4.90 Å². The summed E-state index contributed by atoms with van der Waals surface area (Å²) >= 11 is 0. The summed E-state index contributed by atoms with van der Waals surface area (Å²) in [5.74, 6) is 1.78. The molecule has 0 saturated carbocycles. The maximum atomic E-state index is 2.69. The van der Waals surface area contributed by atoms with Crippen LogP contribution in [0.1, 0.15) is 150 Å². The molecule has 0 aliphatic rings. The van der Waals surface area contributed by atoms with Crippen molar-refractivity contribution in [2.75, 3.05) is 19.6 Å². The van der Waals surface area contributed by atoms with E-state index < -0.39 is 0 Å². The van der Waals surface area contributed by atoms with Crippen molar-refractivity contribution in [3.8, 4) is 0 Å². The third kappa shape index (κ3) is 24.1. The predicted octanol–water partition coefficient (Wildman–Crippen LogP) is 9.64. The van der Waals surface area contributed by atoms with Gasteiger partial charge in [-0.05, 0) is 44.3 Å². The lowest BCUT2D eigenvalue weighted by Crippen LogP contribution is -2.25. The van der Waals surface area contributed by atoms with Gasteiger partial charge in [-0.1, -0.05) is 137 Å². The minimum absolute atomic E-state index is 0.890. The summed E-state index contributed by atoms with van der Waals surface area (Å²) in [6.07, 6.45) is 26.1. The summed E-state index contributed by atoms with van der Waals surface area (Å²) in [4.78, 5) is 2.69. The lowest BCUT2D eigenvalue weighted by molar-refractivity contribution is 0.273. The van der Waals surface area contributed by atoms with Gasteiger partial charge >= 0.3 is 0 Å². The molecule has 0 N–H and O–H groups in total. The van der Waals surface area contributed by atoms with Crippen molar-refractivity contribution in [2.45, 2.75) is 150 Å². The van der Waals surface area contributed by atoms with E-state index in [4.69, 9.17) is 0 Å². The SMILES string of the molecule is CCN(CCCCCCCCCCC(C)C)CCCCCCCCCCC(C)C. The molecule has 0 aromatic heterocycles. The first-order valence-corrected chi connectivity index (χ1v) is 13.8. The van der Waals surface area contributed by atoms with Gasteiger partial charge in [-0.3, -0.25) is 0 Å². The highest BCUT2D eigenvalue weighted by atomic mass is 15.1. The van der Waals surface area contributed by atoms with Crippen LogP contribution in [0.25, 0.3) is 0 Å². The number of unbranched alkanes of at least 4 members (excludes halogenated alkanes) is 14. The van der Waals surface area contributed by atoms with Crippen LogP contribution in [-0.2, 0) is 0 Å². The zero-order valence-electron chi connectivity index (χ0n) is 21.5. The van der Waals surface area contributed by atoms with Gasteiger partial charge in [0.15, 0.2) is 0 Å². The van der Waals surface area contributed by atoms with Gasteiger partial charge in [0, 0.05) is 0 Å². The van der Waals surface area contributed by atoms with Crippen LogP contribution in [0.5, 0.6) is 0 Å². The van der Waals surface area contributed by atoms with Crippen LogP contribution in [-0.4, -0.2) is 24.5 Å². The zero-order chi connectivity index (χ0) is 21.6. The quantitative estimate of drug-likeness (QED) is 0.152. The molecule has 0 aliphatic heterocycles. The van der Waals surface area contributed by atoms with Crippen LogP contribution in [0.2, 0.25) is 0 Å². The van der Waals surface area contributed by atoms with Crippen molar-refractivity contribution in [1.29, 1.82) is 0 Å². The first-order chi connectivity index (χ1) is 14.1. The van der Waals surface area contributed by atoms with Crippen molar-refractivity contribution in [3.05, 3.63) is 0 Å². The molecule has 0 aliphatic carbocycles. The second-order valence-electron chi connectivity index (χ2n) is 10.5. The van der Waals surface area contributed by atoms with Crippen LogP contribution >= 0.6 is 0 Å². The average molecular weight is 410 g/mol. The molecule has 0 unspecified atom stereocenters. The largest absolute Gasteiger partial charge is 0.304 e.